The maximum absolute atomic E-state index is 5.77. The first kappa shape index (κ1) is 16.9. The number of ether oxygens (including phenoxy) is 2. The molecule has 0 aliphatic carbocycles. The van der Waals surface area contributed by atoms with Crippen molar-refractivity contribution in [3.63, 3.8) is 0 Å². The minimum atomic E-state index is -0.0380. The summed E-state index contributed by atoms with van der Waals surface area (Å²) in [4.78, 5) is 9.16. The van der Waals surface area contributed by atoms with Crippen LogP contribution in [0.5, 0.6) is 0 Å². The van der Waals surface area contributed by atoms with Crippen molar-refractivity contribution < 1.29 is 9.47 Å². The highest BCUT2D eigenvalue weighted by molar-refractivity contribution is 5.36. The molecule has 1 rings (SSSR count). The predicted molar refractivity (Wildman–Crippen MR) is 80.8 cm³/mol. The van der Waals surface area contributed by atoms with Crippen molar-refractivity contribution in [3.05, 3.63) is 17.6 Å². The number of nitrogens with one attached hydrogen (secondary N) is 1. The standard InChI is InChI=1S/C15H27N3O2/c1-5-8-13(20-7-3)15-17-12(11-19-4)10-14(18-15)16-9-6-2/h10,13H,5-9,11H2,1-4H3,(H,16,17,18). The van der Waals surface area contributed by atoms with Gasteiger partial charge < -0.3 is 14.8 Å². The normalized spacial score (nSPS) is 12.4. The van der Waals surface area contributed by atoms with Crippen LogP contribution in [0.3, 0.4) is 0 Å². The van der Waals surface area contributed by atoms with Gasteiger partial charge in [0.15, 0.2) is 5.82 Å². The van der Waals surface area contributed by atoms with E-state index < -0.39 is 0 Å². The van der Waals surface area contributed by atoms with Crippen molar-refractivity contribution >= 4 is 5.82 Å². The molecule has 0 spiro atoms. The fourth-order valence-electron chi connectivity index (χ4n) is 1.98. The summed E-state index contributed by atoms with van der Waals surface area (Å²) >= 11 is 0. The topological polar surface area (TPSA) is 56.3 Å². The predicted octanol–water partition coefficient (Wildman–Crippen LogP) is 3.32. The zero-order valence-electron chi connectivity index (χ0n) is 13.1. The van der Waals surface area contributed by atoms with Gasteiger partial charge in [-0.3, -0.25) is 0 Å². The largest absolute Gasteiger partial charge is 0.378 e. The van der Waals surface area contributed by atoms with Crippen molar-refractivity contribution in [2.24, 2.45) is 0 Å². The van der Waals surface area contributed by atoms with Gasteiger partial charge in [0, 0.05) is 26.3 Å². The molecule has 1 aromatic heterocycles. The summed E-state index contributed by atoms with van der Waals surface area (Å²) < 4.78 is 11.0. The third-order valence-electron chi connectivity index (χ3n) is 2.85. The lowest BCUT2D eigenvalue weighted by molar-refractivity contribution is 0.0489. The lowest BCUT2D eigenvalue weighted by Gasteiger charge is -2.17. The van der Waals surface area contributed by atoms with Crippen LogP contribution in [0.2, 0.25) is 0 Å². The molecule has 1 N–H and O–H groups in total. The van der Waals surface area contributed by atoms with E-state index in [-0.39, 0.29) is 6.10 Å². The molecule has 1 aromatic rings. The van der Waals surface area contributed by atoms with Crippen LogP contribution in [-0.4, -0.2) is 30.2 Å². The highest BCUT2D eigenvalue weighted by Gasteiger charge is 2.16. The third-order valence-corrected chi connectivity index (χ3v) is 2.85. The van der Waals surface area contributed by atoms with Crippen molar-refractivity contribution in [3.8, 4) is 0 Å². The second kappa shape index (κ2) is 9.66. The SMILES string of the molecule is CCCNc1cc(COC)nc(C(CCC)OCC)n1. The van der Waals surface area contributed by atoms with Gasteiger partial charge in [-0.2, -0.15) is 0 Å². The quantitative estimate of drug-likeness (QED) is 0.713. The molecular formula is C15H27N3O2. The Morgan fingerprint density at radius 2 is 2.00 bits per heavy atom. The van der Waals surface area contributed by atoms with Gasteiger partial charge >= 0.3 is 0 Å². The summed E-state index contributed by atoms with van der Waals surface area (Å²) in [7, 11) is 1.67. The van der Waals surface area contributed by atoms with Gasteiger partial charge in [-0.05, 0) is 19.8 Å². The highest BCUT2D eigenvalue weighted by Crippen LogP contribution is 2.21. The van der Waals surface area contributed by atoms with Crippen LogP contribution in [0.1, 0.15) is 57.7 Å². The van der Waals surface area contributed by atoms with Gasteiger partial charge in [-0.15, -0.1) is 0 Å². The Morgan fingerprint density at radius 1 is 1.20 bits per heavy atom. The summed E-state index contributed by atoms with van der Waals surface area (Å²) in [5.74, 6) is 1.60. The molecule has 0 bridgehead atoms. The minimum absolute atomic E-state index is 0.0380. The van der Waals surface area contributed by atoms with Crippen LogP contribution in [-0.2, 0) is 16.1 Å². The van der Waals surface area contributed by atoms with E-state index in [1.54, 1.807) is 7.11 Å². The molecule has 0 aliphatic rings. The zero-order chi connectivity index (χ0) is 14.8. The van der Waals surface area contributed by atoms with Crippen LogP contribution >= 0.6 is 0 Å². The van der Waals surface area contributed by atoms with E-state index in [4.69, 9.17) is 9.47 Å². The van der Waals surface area contributed by atoms with Crippen LogP contribution in [0.4, 0.5) is 5.82 Å². The number of anilines is 1. The monoisotopic (exact) mass is 281 g/mol. The Labute approximate surface area is 122 Å². The fraction of sp³-hybridized carbons (Fsp3) is 0.733. The maximum Gasteiger partial charge on any atom is 0.159 e. The van der Waals surface area contributed by atoms with Crippen LogP contribution in [0.25, 0.3) is 0 Å². The van der Waals surface area contributed by atoms with Crippen molar-refractivity contribution in [1.29, 1.82) is 0 Å². The van der Waals surface area contributed by atoms with Crippen LogP contribution in [0.15, 0.2) is 6.07 Å². The smallest absolute Gasteiger partial charge is 0.159 e. The second-order valence-corrected chi connectivity index (χ2v) is 4.70. The molecule has 1 unspecified atom stereocenters. The number of hydrogen-bond acceptors (Lipinski definition) is 5. The van der Waals surface area contributed by atoms with Crippen LogP contribution in [0, 0.1) is 0 Å². The molecule has 0 aliphatic heterocycles. The summed E-state index contributed by atoms with van der Waals surface area (Å²) in [5, 5.41) is 3.31. The first-order chi connectivity index (χ1) is 9.74. The fourth-order valence-corrected chi connectivity index (χ4v) is 1.98. The molecule has 0 saturated heterocycles. The van der Waals surface area contributed by atoms with E-state index in [0.29, 0.717) is 13.2 Å². The Kier molecular flexibility index (Phi) is 8.14. The van der Waals surface area contributed by atoms with Crippen LogP contribution < -0.4 is 5.32 Å². The van der Waals surface area contributed by atoms with Gasteiger partial charge in [0.2, 0.25) is 0 Å². The van der Waals surface area contributed by atoms with Crippen molar-refractivity contribution in [1.82, 2.24) is 9.97 Å². The van der Waals surface area contributed by atoms with Gasteiger partial charge in [0.25, 0.3) is 0 Å². The number of methoxy groups -OCH3 is 1. The average Bonchev–Trinajstić information content (AvgIpc) is 2.45. The lowest BCUT2D eigenvalue weighted by Crippen LogP contribution is -2.13. The molecule has 20 heavy (non-hydrogen) atoms. The van der Waals surface area contributed by atoms with E-state index >= 15 is 0 Å². The molecular weight excluding hydrogens is 254 g/mol. The Bertz CT molecular complexity index is 379. The molecule has 1 heterocycles. The number of aromatic nitrogens is 2. The Morgan fingerprint density at radius 3 is 2.60 bits per heavy atom. The minimum Gasteiger partial charge on any atom is -0.378 e. The van der Waals surface area contributed by atoms with Crippen molar-refractivity contribution in [2.75, 3.05) is 25.6 Å². The van der Waals surface area contributed by atoms with Gasteiger partial charge in [0.05, 0.1) is 12.3 Å². The van der Waals surface area contributed by atoms with E-state index in [1.807, 2.05) is 13.0 Å². The molecule has 5 nitrogen and oxygen atoms in total. The zero-order valence-corrected chi connectivity index (χ0v) is 13.1. The van der Waals surface area contributed by atoms with Gasteiger partial charge in [0.1, 0.15) is 11.9 Å². The number of nitrogens with zero attached hydrogens (tertiary/aromatic N) is 2. The number of rotatable bonds is 10. The maximum atomic E-state index is 5.77. The summed E-state index contributed by atoms with van der Waals surface area (Å²) in [6, 6.07) is 1.94. The van der Waals surface area contributed by atoms with Crippen molar-refractivity contribution in [2.45, 2.75) is 52.7 Å². The van der Waals surface area contributed by atoms with E-state index in [0.717, 1.165) is 43.1 Å². The molecule has 0 radical (unpaired) electrons. The third kappa shape index (κ3) is 5.43. The Balaban J connectivity index is 2.97. The second-order valence-electron chi connectivity index (χ2n) is 4.70. The molecule has 0 aromatic carbocycles. The summed E-state index contributed by atoms with van der Waals surface area (Å²) in [5.41, 5.74) is 0.886. The van der Waals surface area contributed by atoms with Gasteiger partial charge in [-0.25, -0.2) is 9.97 Å². The van der Waals surface area contributed by atoms with Gasteiger partial charge in [-0.1, -0.05) is 20.3 Å². The lowest BCUT2D eigenvalue weighted by atomic mass is 10.2. The summed E-state index contributed by atoms with van der Waals surface area (Å²) in [6.45, 7) is 8.32. The molecule has 1 atom stereocenters. The Hall–Kier alpha value is -1.20. The molecule has 0 amide bonds. The number of hydrogen-bond donors (Lipinski definition) is 1. The molecule has 0 fully saturated rings. The average molecular weight is 281 g/mol. The molecule has 114 valence electrons. The van der Waals surface area contributed by atoms with E-state index in [9.17, 15) is 0 Å². The highest BCUT2D eigenvalue weighted by atomic mass is 16.5. The molecule has 5 heteroatoms. The van der Waals surface area contributed by atoms with E-state index in [2.05, 4.69) is 29.1 Å². The first-order valence-electron chi connectivity index (χ1n) is 7.47. The first-order valence-corrected chi connectivity index (χ1v) is 7.47. The summed E-state index contributed by atoms with van der Waals surface area (Å²) in [6.07, 6.45) is 2.99. The van der Waals surface area contributed by atoms with E-state index in [1.165, 1.54) is 0 Å². The molecule has 0 saturated carbocycles.